The topological polar surface area (TPSA) is 62.0 Å². The monoisotopic (exact) mass is 372 g/mol. The third-order valence-corrected chi connectivity index (χ3v) is 3.67. The molecule has 0 bridgehead atoms. The third-order valence-electron chi connectivity index (χ3n) is 2.91. The summed E-state index contributed by atoms with van der Waals surface area (Å²) in [6, 6.07) is 2.16. The molecular weight excluding hydrogens is 355 g/mol. The van der Waals surface area contributed by atoms with E-state index in [4.69, 9.17) is 10.00 Å². The highest BCUT2D eigenvalue weighted by Gasteiger charge is 2.25. The van der Waals surface area contributed by atoms with E-state index < -0.39 is 0 Å². The van der Waals surface area contributed by atoms with Crippen LogP contribution in [0.15, 0.2) is 6.20 Å². The number of halogens is 1. The minimum Gasteiger partial charge on any atom is -0.360 e. The van der Waals surface area contributed by atoms with E-state index in [-0.39, 0.29) is 11.5 Å². The lowest BCUT2D eigenvalue weighted by Gasteiger charge is -2.32. The average molecular weight is 372 g/mol. The second-order valence-corrected chi connectivity index (χ2v) is 6.71. The van der Waals surface area contributed by atoms with Crippen molar-refractivity contribution in [3.63, 3.8) is 0 Å². The highest BCUT2D eigenvalue weighted by Crippen LogP contribution is 2.25. The van der Waals surface area contributed by atoms with Gasteiger partial charge >= 0.3 is 0 Å². The van der Waals surface area contributed by atoms with Gasteiger partial charge in [-0.05, 0) is 22.6 Å². The smallest absolute Gasteiger partial charge is 0.161 e. The van der Waals surface area contributed by atoms with Crippen LogP contribution in [0.2, 0.25) is 0 Å². The van der Waals surface area contributed by atoms with Crippen LogP contribution in [0.4, 0.5) is 5.82 Å². The molecule has 0 aromatic carbocycles. The van der Waals surface area contributed by atoms with Crippen LogP contribution in [-0.4, -0.2) is 35.8 Å². The fraction of sp³-hybridized carbons (Fsp3) is 0.615. The molecule has 1 atom stereocenters. The zero-order valence-electron chi connectivity index (χ0n) is 11.4. The van der Waals surface area contributed by atoms with Crippen molar-refractivity contribution in [2.24, 2.45) is 0 Å². The summed E-state index contributed by atoms with van der Waals surface area (Å²) in [5.74, 6) is 1.73. The summed E-state index contributed by atoms with van der Waals surface area (Å²) in [6.07, 6.45) is 1.47. The molecule has 19 heavy (non-hydrogen) atoms. The summed E-state index contributed by atoms with van der Waals surface area (Å²) in [6.45, 7) is 8.16. The molecule has 2 heterocycles. The molecule has 5 nitrogen and oxygen atoms in total. The van der Waals surface area contributed by atoms with E-state index in [1.165, 1.54) is 0 Å². The van der Waals surface area contributed by atoms with Gasteiger partial charge in [0.1, 0.15) is 11.6 Å². The van der Waals surface area contributed by atoms with Gasteiger partial charge in [0.25, 0.3) is 0 Å². The van der Waals surface area contributed by atoms with Gasteiger partial charge in [0.05, 0.1) is 22.8 Å². The fourth-order valence-corrected chi connectivity index (χ4v) is 2.46. The number of nitriles is 1. The lowest BCUT2D eigenvalue weighted by atomic mass is 9.96. The van der Waals surface area contributed by atoms with Crippen molar-refractivity contribution in [1.29, 1.82) is 5.26 Å². The van der Waals surface area contributed by atoms with Crippen LogP contribution in [0.3, 0.4) is 0 Å². The first-order chi connectivity index (χ1) is 8.91. The average Bonchev–Trinajstić information content (AvgIpc) is 2.38. The van der Waals surface area contributed by atoms with Crippen LogP contribution in [0, 0.1) is 14.9 Å². The molecule has 0 aliphatic carbocycles. The molecule has 1 aromatic heterocycles. The lowest BCUT2D eigenvalue weighted by molar-refractivity contribution is 0.0760. The van der Waals surface area contributed by atoms with E-state index in [1.54, 1.807) is 0 Å². The number of anilines is 1. The molecule has 1 fully saturated rings. The SMILES string of the molecule is CC(C)(C)c1ncc(I)c(N2CCOC(C#N)C2)n1. The van der Waals surface area contributed by atoms with Crippen LogP contribution >= 0.6 is 22.6 Å². The van der Waals surface area contributed by atoms with E-state index in [9.17, 15) is 0 Å². The van der Waals surface area contributed by atoms with Crippen LogP contribution in [0.1, 0.15) is 26.6 Å². The Balaban J connectivity index is 2.31. The van der Waals surface area contributed by atoms with Gasteiger partial charge in [0.15, 0.2) is 6.10 Å². The minimum atomic E-state index is -0.377. The molecule has 0 spiro atoms. The maximum absolute atomic E-state index is 8.97. The molecule has 1 aromatic rings. The van der Waals surface area contributed by atoms with Crippen molar-refractivity contribution < 1.29 is 4.74 Å². The molecule has 102 valence electrons. The van der Waals surface area contributed by atoms with Crippen LogP contribution < -0.4 is 4.90 Å². The predicted molar refractivity (Wildman–Crippen MR) is 81.0 cm³/mol. The summed E-state index contributed by atoms with van der Waals surface area (Å²) in [4.78, 5) is 11.2. The summed E-state index contributed by atoms with van der Waals surface area (Å²) < 4.78 is 6.37. The number of morpholine rings is 1. The van der Waals surface area contributed by atoms with Crippen molar-refractivity contribution in [2.75, 3.05) is 24.6 Å². The van der Waals surface area contributed by atoms with Gasteiger partial charge in [0, 0.05) is 18.2 Å². The van der Waals surface area contributed by atoms with Gasteiger partial charge < -0.3 is 9.64 Å². The Kier molecular flexibility index (Phi) is 4.26. The van der Waals surface area contributed by atoms with Crippen molar-refractivity contribution in [1.82, 2.24) is 9.97 Å². The molecular formula is C13H17IN4O. The fourth-order valence-electron chi connectivity index (χ4n) is 1.86. The van der Waals surface area contributed by atoms with E-state index >= 15 is 0 Å². The van der Waals surface area contributed by atoms with Crippen LogP contribution in [0.5, 0.6) is 0 Å². The second-order valence-electron chi connectivity index (χ2n) is 5.55. The zero-order valence-corrected chi connectivity index (χ0v) is 13.5. The van der Waals surface area contributed by atoms with Gasteiger partial charge in [-0.25, -0.2) is 9.97 Å². The largest absolute Gasteiger partial charge is 0.360 e. The van der Waals surface area contributed by atoms with Gasteiger partial charge in [-0.15, -0.1) is 0 Å². The van der Waals surface area contributed by atoms with Crippen molar-refractivity contribution in [3.05, 3.63) is 15.6 Å². The van der Waals surface area contributed by atoms with E-state index in [1.807, 2.05) is 6.20 Å². The number of hydrogen-bond acceptors (Lipinski definition) is 5. The number of ether oxygens (including phenoxy) is 1. The number of rotatable bonds is 1. The molecule has 2 rings (SSSR count). The first-order valence-corrected chi connectivity index (χ1v) is 7.29. The first kappa shape index (κ1) is 14.5. The number of aromatic nitrogens is 2. The van der Waals surface area contributed by atoms with Gasteiger partial charge in [-0.2, -0.15) is 5.26 Å². The summed E-state index contributed by atoms with van der Waals surface area (Å²) in [5.41, 5.74) is -0.0833. The molecule has 6 heteroatoms. The Morgan fingerprint density at radius 3 is 2.89 bits per heavy atom. The van der Waals surface area contributed by atoms with Crippen LogP contribution in [0.25, 0.3) is 0 Å². The molecule has 0 saturated carbocycles. The van der Waals surface area contributed by atoms with Crippen LogP contribution in [-0.2, 0) is 10.2 Å². The zero-order chi connectivity index (χ0) is 14.0. The molecule has 1 aliphatic rings. The Hall–Kier alpha value is -0.940. The minimum absolute atomic E-state index is 0.0833. The predicted octanol–water partition coefficient (Wildman–Crippen LogP) is 2.11. The maximum atomic E-state index is 8.97. The normalized spacial score (nSPS) is 20.2. The summed E-state index contributed by atoms with van der Waals surface area (Å²) in [7, 11) is 0. The summed E-state index contributed by atoms with van der Waals surface area (Å²) >= 11 is 2.24. The van der Waals surface area contributed by atoms with E-state index in [0.717, 1.165) is 21.8 Å². The van der Waals surface area contributed by atoms with E-state index in [0.29, 0.717) is 13.2 Å². The highest BCUT2D eigenvalue weighted by atomic mass is 127. The maximum Gasteiger partial charge on any atom is 0.161 e. The highest BCUT2D eigenvalue weighted by molar-refractivity contribution is 14.1. The summed E-state index contributed by atoms with van der Waals surface area (Å²) in [5, 5.41) is 8.97. The molecule has 0 N–H and O–H groups in total. The first-order valence-electron chi connectivity index (χ1n) is 6.21. The lowest BCUT2D eigenvalue weighted by Crippen LogP contribution is -2.43. The molecule has 0 amide bonds. The molecule has 1 unspecified atom stereocenters. The van der Waals surface area contributed by atoms with Gasteiger partial charge in [0.2, 0.25) is 0 Å². The Morgan fingerprint density at radius 2 is 2.26 bits per heavy atom. The molecule has 1 saturated heterocycles. The van der Waals surface area contributed by atoms with Crippen molar-refractivity contribution in [2.45, 2.75) is 32.3 Å². The third kappa shape index (κ3) is 3.34. The van der Waals surface area contributed by atoms with Gasteiger partial charge in [-0.3, -0.25) is 0 Å². The Labute approximate surface area is 127 Å². The molecule has 1 aliphatic heterocycles. The Morgan fingerprint density at radius 1 is 1.53 bits per heavy atom. The van der Waals surface area contributed by atoms with Crippen molar-refractivity contribution >= 4 is 28.4 Å². The quantitative estimate of drug-likeness (QED) is 0.707. The van der Waals surface area contributed by atoms with E-state index in [2.05, 4.69) is 64.3 Å². The van der Waals surface area contributed by atoms with Gasteiger partial charge in [-0.1, -0.05) is 20.8 Å². The molecule has 0 radical (unpaired) electrons. The Bertz CT molecular complexity index is 506. The standard InChI is InChI=1S/C13H17IN4O/c1-13(2,3)12-16-7-10(14)11(17-12)18-4-5-19-9(6-15)8-18/h7,9H,4-5,8H2,1-3H3. The number of hydrogen-bond donors (Lipinski definition) is 0. The number of nitrogens with zero attached hydrogens (tertiary/aromatic N) is 4. The van der Waals surface area contributed by atoms with Crippen molar-refractivity contribution in [3.8, 4) is 6.07 Å². The second kappa shape index (κ2) is 5.59.